The summed E-state index contributed by atoms with van der Waals surface area (Å²) in [6.07, 6.45) is 1.35. The molecule has 0 spiro atoms. The molecule has 3 heteroatoms. The van der Waals surface area contributed by atoms with E-state index in [1.165, 1.54) is 11.1 Å². The predicted molar refractivity (Wildman–Crippen MR) is 107 cm³/mol. The molecule has 1 aliphatic heterocycles. The first-order valence-corrected chi connectivity index (χ1v) is 9.31. The number of para-hydroxylation sites is 2. The fraction of sp³-hybridized carbons (Fsp3) is 0.304. The molecule has 0 bridgehead atoms. The molecular formula is C23H24N2O. The second kappa shape index (κ2) is 6.56. The Morgan fingerprint density at radius 3 is 2.50 bits per heavy atom. The van der Waals surface area contributed by atoms with Crippen molar-refractivity contribution >= 4 is 22.9 Å². The van der Waals surface area contributed by atoms with Gasteiger partial charge in [-0.1, -0.05) is 50.2 Å². The van der Waals surface area contributed by atoms with Crippen LogP contribution >= 0.6 is 0 Å². The second-order valence-corrected chi connectivity index (χ2v) is 7.55. The van der Waals surface area contributed by atoms with Crippen molar-refractivity contribution in [2.75, 3.05) is 5.32 Å². The maximum absolute atomic E-state index is 12.9. The Hall–Kier alpha value is -2.68. The first kappa shape index (κ1) is 16.8. The molecule has 2 aromatic carbocycles. The summed E-state index contributed by atoms with van der Waals surface area (Å²) in [6, 6.07) is 16.7. The van der Waals surface area contributed by atoms with E-state index in [4.69, 9.17) is 4.99 Å². The largest absolute Gasteiger partial charge is 0.357 e. The van der Waals surface area contributed by atoms with Gasteiger partial charge in [0, 0.05) is 12.1 Å². The normalized spacial score (nSPS) is 19.5. The number of ketones is 1. The summed E-state index contributed by atoms with van der Waals surface area (Å²) in [5, 5.41) is 3.37. The average molecular weight is 344 g/mol. The number of benzene rings is 2. The number of Topliss-reactive ketones (excluding diaryl/α,β-unsaturated/α-hetero) is 1. The van der Waals surface area contributed by atoms with Gasteiger partial charge in [-0.25, -0.2) is 0 Å². The van der Waals surface area contributed by atoms with Gasteiger partial charge in [-0.05, 0) is 48.4 Å². The number of allylic oxidation sites excluding steroid dienone is 2. The van der Waals surface area contributed by atoms with E-state index in [0.717, 1.165) is 34.8 Å². The van der Waals surface area contributed by atoms with Gasteiger partial charge in [0.25, 0.3) is 0 Å². The first-order chi connectivity index (χ1) is 12.5. The van der Waals surface area contributed by atoms with E-state index >= 15 is 0 Å². The quantitative estimate of drug-likeness (QED) is 0.756. The van der Waals surface area contributed by atoms with Crippen LogP contribution in [-0.2, 0) is 4.79 Å². The van der Waals surface area contributed by atoms with Crippen molar-refractivity contribution in [3.8, 4) is 0 Å². The van der Waals surface area contributed by atoms with Crippen molar-refractivity contribution in [1.29, 1.82) is 0 Å². The zero-order chi connectivity index (χ0) is 18.3. The minimum atomic E-state index is 0.186. The molecule has 0 saturated heterocycles. The maximum atomic E-state index is 12.9. The molecule has 1 aliphatic carbocycles. The number of hydrogen-bond donors (Lipinski definition) is 1. The van der Waals surface area contributed by atoms with Crippen LogP contribution in [0.3, 0.4) is 0 Å². The van der Waals surface area contributed by atoms with Crippen molar-refractivity contribution in [3.05, 3.63) is 70.9 Å². The van der Waals surface area contributed by atoms with Crippen LogP contribution in [0.1, 0.15) is 56.6 Å². The molecule has 4 rings (SSSR count). The third kappa shape index (κ3) is 2.98. The Kier molecular flexibility index (Phi) is 4.23. The van der Waals surface area contributed by atoms with Crippen LogP contribution in [0.5, 0.6) is 0 Å². The Morgan fingerprint density at radius 2 is 1.77 bits per heavy atom. The summed E-state index contributed by atoms with van der Waals surface area (Å²) in [7, 11) is 0. The molecule has 1 atom stereocenters. The number of carbonyl (C=O) groups excluding carboxylic acids is 1. The number of nitrogens with zero attached hydrogens (tertiary/aromatic N) is 1. The number of aliphatic imine (C=N–C) groups is 1. The highest BCUT2D eigenvalue weighted by molar-refractivity contribution is 6.26. The van der Waals surface area contributed by atoms with Crippen LogP contribution in [0.4, 0.5) is 11.4 Å². The van der Waals surface area contributed by atoms with Crippen molar-refractivity contribution in [2.24, 2.45) is 4.99 Å². The number of nitrogens with one attached hydrogen (secondary N) is 1. The summed E-state index contributed by atoms with van der Waals surface area (Å²) < 4.78 is 0. The van der Waals surface area contributed by atoms with Crippen LogP contribution in [0.2, 0.25) is 0 Å². The molecule has 0 aromatic heterocycles. The highest BCUT2D eigenvalue weighted by atomic mass is 16.1. The molecular weight excluding hydrogens is 320 g/mol. The smallest absolute Gasteiger partial charge is 0.167 e. The lowest BCUT2D eigenvalue weighted by molar-refractivity contribution is -0.115. The van der Waals surface area contributed by atoms with Gasteiger partial charge in [0.05, 0.1) is 22.7 Å². The number of hydrogen-bond acceptors (Lipinski definition) is 3. The van der Waals surface area contributed by atoms with Gasteiger partial charge in [-0.15, -0.1) is 0 Å². The molecule has 26 heavy (non-hydrogen) atoms. The van der Waals surface area contributed by atoms with Crippen LogP contribution < -0.4 is 5.32 Å². The number of carbonyl (C=O) groups is 1. The molecule has 1 fully saturated rings. The van der Waals surface area contributed by atoms with E-state index in [1.807, 2.05) is 31.2 Å². The van der Waals surface area contributed by atoms with Crippen LogP contribution in [0.15, 0.2) is 64.8 Å². The van der Waals surface area contributed by atoms with E-state index in [9.17, 15) is 4.79 Å². The van der Waals surface area contributed by atoms with E-state index in [2.05, 4.69) is 43.4 Å². The van der Waals surface area contributed by atoms with Crippen molar-refractivity contribution in [1.82, 2.24) is 0 Å². The molecule has 1 N–H and O–H groups in total. The SMILES string of the molecule is CC1=C2C(=O)C[C@@H](c3ccc(C(C)C)cc3)CC2=Nc2ccccc2N1. The van der Waals surface area contributed by atoms with E-state index in [1.54, 1.807) is 0 Å². The lowest BCUT2D eigenvalue weighted by Crippen LogP contribution is -2.26. The molecule has 132 valence electrons. The Morgan fingerprint density at radius 1 is 1.04 bits per heavy atom. The third-order valence-corrected chi connectivity index (χ3v) is 5.37. The van der Waals surface area contributed by atoms with E-state index in [-0.39, 0.29) is 11.7 Å². The fourth-order valence-corrected chi connectivity index (χ4v) is 3.90. The maximum Gasteiger partial charge on any atom is 0.167 e. The summed E-state index contributed by atoms with van der Waals surface area (Å²) >= 11 is 0. The van der Waals surface area contributed by atoms with Gasteiger partial charge in [-0.2, -0.15) is 0 Å². The molecule has 2 aromatic rings. The van der Waals surface area contributed by atoms with Gasteiger partial charge in [0.1, 0.15) is 0 Å². The monoisotopic (exact) mass is 344 g/mol. The molecule has 2 aliphatic rings. The Bertz CT molecular complexity index is 919. The highest BCUT2D eigenvalue weighted by Gasteiger charge is 2.32. The molecule has 0 unspecified atom stereocenters. The van der Waals surface area contributed by atoms with E-state index in [0.29, 0.717) is 12.3 Å². The molecule has 3 nitrogen and oxygen atoms in total. The number of rotatable bonds is 2. The average Bonchev–Trinajstić information content (AvgIpc) is 2.77. The van der Waals surface area contributed by atoms with E-state index < -0.39 is 0 Å². The lowest BCUT2D eigenvalue weighted by atomic mass is 9.78. The van der Waals surface area contributed by atoms with Crippen molar-refractivity contribution in [3.63, 3.8) is 0 Å². The third-order valence-electron chi connectivity index (χ3n) is 5.37. The molecule has 1 saturated carbocycles. The van der Waals surface area contributed by atoms with Gasteiger partial charge in [0.2, 0.25) is 0 Å². The van der Waals surface area contributed by atoms with Crippen molar-refractivity contribution in [2.45, 2.75) is 45.4 Å². The van der Waals surface area contributed by atoms with Crippen LogP contribution in [0.25, 0.3) is 0 Å². The lowest BCUT2D eigenvalue weighted by Gasteiger charge is -2.26. The molecule has 1 heterocycles. The molecule has 0 radical (unpaired) electrons. The fourth-order valence-electron chi connectivity index (χ4n) is 3.90. The van der Waals surface area contributed by atoms with Crippen LogP contribution in [-0.4, -0.2) is 11.5 Å². The summed E-state index contributed by atoms with van der Waals surface area (Å²) in [5.74, 6) is 0.901. The summed E-state index contributed by atoms with van der Waals surface area (Å²) in [6.45, 7) is 6.37. The first-order valence-electron chi connectivity index (χ1n) is 9.31. The summed E-state index contributed by atoms with van der Waals surface area (Å²) in [4.78, 5) is 17.8. The zero-order valence-electron chi connectivity index (χ0n) is 15.5. The minimum Gasteiger partial charge on any atom is -0.357 e. The van der Waals surface area contributed by atoms with Crippen LogP contribution in [0, 0.1) is 0 Å². The topological polar surface area (TPSA) is 41.5 Å². The standard InChI is InChI=1S/C23H24N2O/c1-14(2)16-8-10-17(11-9-16)18-12-21-23(22(26)13-18)15(3)24-19-6-4-5-7-20(19)25-21/h4-11,14,18,24H,12-13H2,1-3H3/t18-/m0/s1. The van der Waals surface area contributed by atoms with Gasteiger partial charge in [-0.3, -0.25) is 9.79 Å². The van der Waals surface area contributed by atoms with Gasteiger partial charge in [0.15, 0.2) is 5.78 Å². The summed E-state index contributed by atoms with van der Waals surface area (Å²) in [5.41, 5.74) is 7.02. The minimum absolute atomic E-state index is 0.186. The Labute approximate surface area is 154 Å². The number of fused-ring (bicyclic) bond motifs is 2. The van der Waals surface area contributed by atoms with Gasteiger partial charge < -0.3 is 5.32 Å². The number of anilines is 1. The van der Waals surface area contributed by atoms with Gasteiger partial charge >= 0.3 is 0 Å². The zero-order valence-corrected chi connectivity index (χ0v) is 15.5. The predicted octanol–water partition coefficient (Wildman–Crippen LogP) is 5.73. The second-order valence-electron chi connectivity index (χ2n) is 7.55. The van der Waals surface area contributed by atoms with Crippen molar-refractivity contribution < 1.29 is 4.79 Å². The Balaban J connectivity index is 1.71. The molecule has 0 amide bonds. The highest BCUT2D eigenvalue weighted by Crippen LogP contribution is 2.38.